The smallest absolute Gasteiger partial charge is 0.224 e. The highest BCUT2D eigenvalue weighted by molar-refractivity contribution is 5.78. The molecule has 1 aliphatic rings. The van der Waals surface area contributed by atoms with E-state index in [-0.39, 0.29) is 12.1 Å². The first-order chi connectivity index (χ1) is 7.29. The van der Waals surface area contributed by atoms with Crippen LogP contribution in [0.5, 0.6) is 0 Å². The van der Waals surface area contributed by atoms with Crippen molar-refractivity contribution in [3.8, 4) is 12.3 Å². The number of carbonyl (C=O) groups is 1. The lowest BCUT2D eigenvalue weighted by Crippen LogP contribution is -2.35. The Hall–Kier alpha value is -1.01. The van der Waals surface area contributed by atoms with Crippen molar-refractivity contribution >= 4 is 5.91 Å². The van der Waals surface area contributed by atoms with E-state index in [1.165, 1.54) is 0 Å². The number of ether oxygens (including phenoxy) is 1. The van der Waals surface area contributed by atoms with Gasteiger partial charge in [0.25, 0.3) is 0 Å². The fourth-order valence-electron chi connectivity index (χ4n) is 1.85. The van der Waals surface area contributed by atoms with E-state index in [9.17, 15) is 4.79 Å². The molecule has 0 N–H and O–H groups in total. The maximum Gasteiger partial charge on any atom is 0.224 e. The molecular weight excluding hydrogens is 190 g/mol. The number of terminal acetylenes is 1. The zero-order chi connectivity index (χ0) is 11.1. The van der Waals surface area contributed by atoms with Crippen LogP contribution >= 0.6 is 0 Å². The van der Waals surface area contributed by atoms with Crippen molar-refractivity contribution in [3.63, 3.8) is 0 Å². The summed E-state index contributed by atoms with van der Waals surface area (Å²) in [5, 5.41) is 0. The van der Waals surface area contributed by atoms with Crippen molar-refractivity contribution in [2.24, 2.45) is 0 Å². The molecule has 3 nitrogen and oxygen atoms in total. The molecule has 1 aliphatic heterocycles. The van der Waals surface area contributed by atoms with Gasteiger partial charge in [0.1, 0.15) is 6.23 Å². The van der Waals surface area contributed by atoms with Gasteiger partial charge >= 0.3 is 0 Å². The van der Waals surface area contributed by atoms with E-state index >= 15 is 0 Å². The van der Waals surface area contributed by atoms with Gasteiger partial charge in [0.15, 0.2) is 0 Å². The molecule has 1 unspecified atom stereocenters. The fourth-order valence-corrected chi connectivity index (χ4v) is 1.85. The zero-order valence-electron chi connectivity index (χ0n) is 9.37. The third kappa shape index (κ3) is 3.56. The largest absolute Gasteiger partial charge is 0.359 e. The van der Waals surface area contributed by atoms with Crippen molar-refractivity contribution in [1.82, 2.24) is 4.90 Å². The van der Waals surface area contributed by atoms with Crippen LogP contribution in [0.15, 0.2) is 0 Å². The van der Waals surface area contributed by atoms with Crippen LogP contribution in [0.3, 0.4) is 0 Å². The molecule has 1 atom stereocenters. The Kier molecular flexibility index (Phi) is 5.20. The highest BCUT2D eigenvalue weighted by atomic mass is 16.5. The van der Waals surface area contributed by atoms with Crippen LogP contribution in [0, 0.1) is 12.3 Å². The van der Waals surface area contributed by atoms with Gasteiger partial charge in [-0.2, -0.15) is 0 Å². The van der Waals surface area contributed by atoms with Crippen LogP contribution in [0.25, 0.3) is 0 Å². The number of likely N-dealkylation sites (tertiary alicyclic amines) is 1. The number of carbonyl (C=O) groups excluding carboxylic acids is 1. The van der Waals surface area contributed by atoms with E-state index in [1.807, 2.05) is 11.8 Å². The number of amides is 1. The fraction of sp³-hybridized carbons (Fsp3) is 0.750. The number of rotatable bonds is 6. The molecule has 1 amide bonds. The second-order valence-electron chi connectivity index (χ2n) is 3.70. The molecule has 0 saturated carbocycles. The third-order valence-electron chi connectivity index (χ3n) is 2.60. The normalized spacial score (nSPS) is 20.7. The van der Waals surface area contributed by atoms with Crippen LogP contribution in [0.2, 0.25) is 0 Å². The third-order valence-corrected chi connectivity index (χ3v) is 2.60. The molecule has 3 heteroatoms. The first-order valence-electron chi connectivity index (χ1n) is 5.64. The number of nitrogens with zero attached hydrogens (tertiary/aromatic N) is 1. The van der Waals surface area contributed by atoms with E-state index in [1.54, 1.807) is 0 Å². The van der Waals surface area contributed by atoms with Gasteiger partial charge in [-0.05, 0) is 19.8 Å². The molecule has 0 radical (unpaired) electrons. The first kappa shape index (κ1) is 12.1. The van der Waals surface area contributed by atoms with Gasteiger partial charge in [0.05, 0.1) is 0 Å². The predicted molar refractivity (Wildman–Crippen MR) is 59.0 cm³/mol. The monoisotopic (exact) mass is 209 g/mol. The molecule has 1 fully saturated rings. The molecule has 0 spiro atoms. The lowest BCUT2D eigenvalue weighted by atomic mass is 10.2. The average molecular weight is 209 g/mol. The van der Waals surface area contributed by atoms with Gasteiger partial charge in [-0.15, -0.1) is 12.3 Å². The summed E-state index contributed by atoms with van der Waals surface area (Å²) in [7, 11) is 0. The molecule has 0 aromatic rings. The van der Waals surface area contributed by atoms with Gasteiger partial charge in [-0.25, -0.2) is 0 Å². The molecule has 1 rings (SSSR count). The Morgan fingerprint density at radius 3 is 3.07 bits per heavy atom. The Morgan fingerprint density at radius 2 is 2.40 bits per heavy atom. The Labute approximate surface area is 91.8 Å². The van der Waals surface area contributed by atoms with E-state index < -0.39 is 0 Å². The number of unbranched alkanes of at least 4 members (excludes halogenated alkanes) is 2. The average Bonchev–Trinajstić information content (AvgIpc) is 2.56. The minimum Gasteiger partial charge on any atom is -0.359 e. The molecule has 1 heterocycles. The summed E-state index contributed by atoms with van der Waals surface area (Å²) >= 11 is 0. The van der Waals surface area contributed by atoms with Gasteiger partial charge < -0.3 is 9.64 Å². The Balaban J connectivity index is 2.30. The van der Waals surface area contributed by atoms with Crippen molar-refractivity contribution < 1.29 is 9.53 Å². The van der Waals surface area contributed by atoms with Crippen LogP contribution in [0.4, 0.5) is 0 Å². The summed E-state index contributed by atoms with van der Waals surface area (Å²) < 4.78 is 5.51. The molecule has 0 aromatic heterocycles. The maximum atomic E-state index is 11.5. The summed E-state index contributed by atoms with van der Waals surface area (Å²) in [4.78, 5) is 13.4. The predicted octanol–water partition coefficient (Wildman–Crippen LogP) is 1.77. The maximum absolute atomic E-state index is 11.5. The molecule has 84 valence electrons. The van der Waals surface area contributed by atoms with Gasteiger partial charge in [-0.1, -0.05) is 0 Å². The minimum absolute atomic E-state index is 0.00772. The highest BCUT2D eigenvalue weighted by Crippen LogP contribution is 2.20. The zero-order valence-corrected chi connectivity index (χ0v) is 9.37. The SMILES string of the molecule is C#CCCCCN1C(=O)CCC1OCC. The van der Waals surface area contributed by atoms with Crippen molar-refractivity contribution in [2.75, 3.05) is 13.2 Å². The lowest BCUT2D eigenvalue weighted by Gasteiger charge is -2.24. The topological polar surface area (TPSA) is 29.5 Å². The molecule has 0 aromatic carbocycles. The van der Waals surface area contributed by atoms with Gasteiger partial charge in [0, 0.05) is 32.4 Å². The second kappa shape index (κ2) is 6.47. The van der Waals surface area contributed by atoms with Crippen LogP contribution in [-0.4, -0.2) is 30.2 Å². The van der Waals surface area contributed by atoms with Gasteiger partial charge in [0.2, 0.25) is 5.91 Å². The number of hydrogen-bond acceptors (Lipinski definition) is 2. The van der Waals surface area contributed by atoms with Crippen molar-refractivity contribution in [2.45, 2.75) is 45.3 Å². The Bertz CT molecular complexity index is 244. The minimum atomic E-state index is 0.00772. The summed E-state index contributed by atoms with van der Waals surface area (Å²) in [6.45, 7) is 3.41. The Morgan fingerprint density at radius 1 is 1.60 bits per heavy atom. The van der Waals surface area contributed by atoms with Gasteiger partial charge in [-0.3, -0.25) is 4.79 Å². The van der Waals surface area contributed by atoms with Crippen LogP contribution in [-0.2, 0) is 9.53 Å². The van der Waals surface area contributed by atoms with Crippen molar-refractivity contribution in [1.29, 1.82) is 0 Å². The van der Waals surface area contributed by atoms with E-state index in [4.69, 9.17) is 11.2 Å². The summed E-state index contributed by atoms with van der Waals surface area (Å²) in [6, 6.07) is 0. The van der Waals surface area contributed by atoms with E-state index in [2.05, 4.69) is 5.92 Å². The van der Waals surface area contributed by atoms with Crippen molar-refractivity contribution in [3.05, 3.63) is 0 Å². The quantitative estimate of drug-likeness (QED) is 0.493. The summed E-state index contributed by atoms with van der Waals surface area (Å²) in [6.07, 6.45) is 9.39. The summed E-state index contributed by atoms with van der Waals surface area (Å²) in [5.41, 5.74) is 0. The molecule has 0 aliphatic carbocycles. The highest BCUT2D eigenvalue weighted by Gasteiger charge is 2.30. The molecule has 15 heavy (non-hydrogen) atoms. The molecule has 1 saturated heterocycles. The second-order valence-corrected chi connectivity index (χ2v) is 3.70. The lowest BCUT2D eigenvalue weighted by molar-refractivity contribution is -0.136. The van der Waals surface area contributed by atoms with E-state index in [0.717, 1.165) is 32.2 Å². The summed E-state index contributed by atoms with van der Waals surface area (Å²) in [5.74, 6) is 2.82. The standard InChI is InChI=1S/C12H19NO2/c1-3-5-6-7-10-13-11(14)8-9-12(13)15-4-2/h1,12H,4-10H2,2H3. The van der Waals surface area contributed by atoms with Crippen LogP contribution < -0.4 is 0 Å². The van der Waals surface area contributed by atoms with E-state index in [0.29, 0.717) is 13.0 Å². The molecular formula is C12H19NO2. The first-order valence-corrected chi connectivity index (χ1v) is 5.64. The van der Waals surface area contributed by atoms with Crippen LogP contribution in [0.1, 0.15) is 39.0 Å². The molecule has 0 bridgehead atoms. The number of hydrogen-bond donors (Lipinski definition) is 0.